The molecule has 0 aromatic carbocycles. The van der Waals surface area contributed by atoms with Gasteiger partial charge in [0, 0.05) is 6.20 Å². The van der Waals surface area contributed by atoms with Gasteiger partial charge in [-0.25, -0.2) is 0 Å². The van der Waals surface area contributed by atoms with Gasteiger partial charge in [-0.1, -0.05) is 23.2 Å². The van der Waals surface area contributed by atoms with Crippen molar-refractivity contribution >= 4 is 29.0 Å². The molecule has 0 saturated heterocycles. The number of hydrogen-bond donors (Lipinski definition) is 0. The average Bonchev–Trinajstić information content (AvgIpc) is 1.98. The van der Waals surface area contributed by atoms with Crippen LogP contribution in [0.5, 0.6) is 0 Å². The summed E-state index contributed by atoms with van der Waals surface area (Å²) in [5, 5.41) is 0.361. The summed E-state index contributed by atoms with van der Waals surface area (Å²) in [5.74, 6) is -0.125. The van der Waals surface area contributed by atoms with Crippen LogP contribution >= 0.6 is 23.2 Å². The molecule has 1 rings (SSSR count). The van der Waals surface area contributed by atoms with Crippen LogP contribution < -0.4 is 5.56 Å². The monoisotopic (exact) mass is 219 g/mol. The van der Waals surface area contributed by atoms with Crippen LogP contribution in [0.15, 0.2) is 17.1 Å². The quantitative estimate of drug-likeness (QED) is 0.761. The molecule has 3 nitrogen and oxygen atoms in total. The second-order valence-corrected chi connectivity index (χ2v) is 3.48. The Morgan fingerprint density at radius 3 is 2.69 bits per heavy atom. The molecule has 5 heteroatoms. The molecule has 0 saturated carbocycles. The van der Waals surface area contributed by atoms with E-state index in [0.29, 0.717) is 5.02 Å². The molecule has 13 heavy (non-hydrogen) atoms. The lowest BCUT2D eigenvalue weighted by Crippen LogP contribution is -2.22. The number of halogens is 2. The SMILES string of the molecule is CC(=O)Cn1cc(Cl)cc(Cl)c1=O. The minimum absolute atomic E-state index is 0.000880. The summed E-state index contributed by atoms with van der Waals surface area (Å²) in [7, 11) is 0. The lowest BCUT2D eigenvalue weighted by atomic mass is 10.4. The second-order valence-electron chi connectivity index (χ2n) is 2.64. The van der Waals surface area contributed by atoms with Crippen molar-refractivity contribution in [2.24, 2.45) is 0 Å². The summed E-state index contributed by atoms with van der Waals surface area (Å²) in [6, 6.07) is 1.35. The highest BCUT2D eigenvalue weighted by atomic mass is 35.5. The molecule has 0 amide bonds. The normalized spacial score (nSPS) is 10.1. The first-order valence-corrected chi connectivity index (χ1v) is 4.31. The van der Waals surface area contributed by atoms with E-state index in [9.17, 15) is 9.59 Å². The molecule has 1 aromatic rings. The van der Waals surface area contributed by atoms with Crippen LogP contribution in [0, 0.1) is 0 Å². The smallest absolute Gasteiger partial charge is 0.269 e. The van der Waals surface area contributed by atoms with Gasteiger partial charge >= 0.3 is 0 Å². The summed E-state index contributed by atoms with van der Waals surface area (Å²) in [5.41, 5.74) is -0.402. The van der Waals surface area contributed by atoms with Crippen LogP contribution in [0.1, 0.15) is 6.92 Å². The fourth-order valence-corrected chi connectivity index (χ4v) is 1.43. The van der Waals surface area contributed by atoms with Crippen LogP contribution in [0.3, 0.4) is 0 Å². The maximum Gasteiger partial charge on any atom is 0.269 e. The van der Waals surface area contributed by atoms with E-state index in [2.05, 4.69) is 0 Å². The van der Waals surface area contributed by atoms with Crippen LogP contribution in [-0.2, 0) is 11.3 Å². The molecular weight excluding hydrogens is 213 g/mol. The van der Waals surface area contributed by atoms with Crippen molar-refractivity contribution in [3.63, 3.8) is 0 Å². The highest BCUT2D eigenvalue weighted by Crippen LogP contribution is 2.10. The zero-order valence-electron chi connectivity index (χ0n) is 6.88. The van der Waals surface area contributed by atoms with Gasteiger partial charge in [0.1, 0.15) is 10.8 Å². The van der Waals surface area contributed by atoms with Gasteiger partial charge in [-0.3, -0.25) is 9.59 Å². The van der Waals surface area contributed by atoms with Gasteiger partial charge in [0.15, 0.2) is 0 Å². The second kappa shape index (κ2) is 3.94. The number of nitrogens with zero attached hydrogens (tertiary/aromatic N) is 1. The topological polar surface area (TPSA) is 39.1 Å². The molecule has 0 N–H and O–H groups in total. The number of ketones is 1. The number of carbonyl (C=O) groups excluding carboxylic acids is 1. The summed E-state index contributed by atoms with van der Waals surface area (Å²) in [6.45, 7) is 1.39. The number of aromatic nitrogens is 1. The largest absolute Gasteiger partial charge is 0.305 e. The Kier molecular flexibility index (Phi) is 3.12. The minimum Gasteiger partial charge on any atom is -0.305 e. The zero-order chi connectivity index (χ0) is 10.0. The Morgan fingerprint density at radius 1 is 1.54 bits per heavy atom. The van der Waals surface area contributed by atoms with Gasteiger partial charge in [0.2, 0.25) is 0 Å². The predicted molar refractivity (Wildman–Crippen MR) is 51.4 cm³/mol. The molecule has 0 bridgehead atoms. The zero-order valence-corrected chi connectivity index (χ0v) is 8.39. The molecule has 1 heterocycles. The summed E-state index contributed by atoms with van der Waals surface area (Å²) in [6.07, 6.45) is 1.39. The van der Waals surface area contributed by atoms with Crippen molar-refractivity contribution in [2.75, 3.05) is 0 Å². The Hall–Kier alpha value is -0.800. The highest BCUT2D eigenvalue weighted by Gasteiger charge is 2.04. The van der Waals surface area contributed by atoms with Crippen molar-refractivity contribution in [2.45, 2.75) is 13.5 Å². The fourth-order valence-electron chi connectivity index (χ4n) is 0.922. The van der Waals surface area contributed by atoms with Crippen molar-refractivity contribution in [3.05, 3.63) is 32.7 Å². The number of Topliss-reactive ketones (excluding diaryl/α,β-unsaturated/α-hetero) is 1. The summed E-state index contributed by atoms with van der Waals surface area (Å²) >= 11 is 11.2. The number of carbonyl (C=O) groups is 1. The van der Waals surface area contributed by atoms with Gasteiger partial charge < -0.3 is 4.57 Å². The lowest BCUT2D eigenvalue weighted by molar-refractivity contribution is -0.117. The van der Waals surface area contributed by atoms with Crippen LogP contribution in [-0.4, -0.2) is 10.4 Å². The first kappa shape index (κ1) is 10.3. The van der Waals surface area contributed by atoms with E-state index in [0.717, 1.165) is 0 Å². The fraction of sp³-hybridized carbons (Fsp3) is 0.250. The van der Waals surface area contributed by atoms with Gasteiger partial charge in [-0.2, -0.15) is 0 Å². The molecule has 0 unspecified atom stereocenters. The van der Waals surface area contributed by atoms with Gasteiger partial charge in [-0.15, -0.1) is 0 Å². The first-order chi connectivity index (χ1) is 6.00. The standard InChI is InChI=1S/C8H7Cl2NO2/c1-5(12)3-11-4-6(9)2-7(10)8(11)13/h2,4H,3H2,1H3. The molecule has 0 atom stereocenters. The molecule has 0 aliphatic rings. The van der Waals surface area contributed by atoms with Gasteiger partial charge in [0.25, 0.3) is 5.56 Å². The van der Waals surface area contributed by atoms with E-state index >= 15 is 0 Å². The molecule has 0 radical (unpaired) electrons. The van der Waals surface area contributed by atoms with Crippen molar-refractivity contribution in [3.8, 4) is 0 Å². The molecule has 0 aliphatic heterocycles. The van der Waals surface area contributed by atoms with E-state index in [4.69, 9.17) is 23.2 Å². The molecule has 1 aromatic heterocycles. The molecule has 0 spiro atoms. The average molecular weight is 220 g/mol. The Morgan fingerprint density at radius 2 is 2.15 bits per heavy atom. The van der Waals surface area contributed by atoms with Crippen molar-refractivity contribution in [1.29, 1.82) is 0 Å². The molecular formula is C8H7Cl2NO2. The van der Waals surface area contributed by atoms with E-state index < -0.39 is 5.56 Å². The van der Waals surface area contributed by atoms with Crippen molar-refractivity contribution in [1.82, 2.24) is 4.57 Å². The Balaban J connectivity index is 3.21. The third-order valence-electron chi connectivity index (χ3n) is 1.40. The van der Waals surface area contributed by atoms with E-state index in [1.807, 2.05) is 0 Å². The number of rotatable bonds is 2. The summed E-state index contributed by atoms with van der Waals surface area (Å²) < 4.78 is 1.19. The first-order valence-electron chi connectivity index (χ1n) is 3.55. The van der Waals surface area contributed by atoms with E-state index in [1.54, 1.807) is 0 Å². The third kappa shape index (κ3) is 2.57. The van der Waals surface area contributed by atoms with Gasteiger partial charge in [0.05, 0.1) is 11.6 Å². The molecule has 70 valence electrons. The van der Waals surface area contributed by atoms with Crippen LogP contribution in [0.2, 0.25) is 10.0 Å². The predicted octanol–water partition coefficient (Wildman–Crippen LogP) is 1.74. The minimum atomic E-state index is -0.402. The maximum absolute atomic E-state index is 11.3. The van der Waals surface area contributed by atoms with Crippen molar-refractivity contribution < 1.29 is 4.79 Å². The third-order valence-corrected chi connectivity index (χ3v) is 1.88. The number of hydrogen-bond acceptors (Lipinski definition) is 2. The number of pyridine rings is 1. The lowest BCUT2D eigenvalue weighted by Gasteiger charge is -2.03. The van der Waals surface area contributed by atoms with E-state index in [-0.39, 0.29) is 17.4 Å². The van der Waals surface area contributed by atoms with Crippen LogP contribution in [0.4, 0.5) is 0 Å². The van der Waals surface area contributed by atoms with E-state index in [1.165, 1.54) is 23.8 Å². The Bertz CT molecular complexity index is 398. The van der Waals surface area contributed by atoms with Gasteiger partial charge in [-0.05, 0) is 13.0 Å². The van der Waals surface area contributed by atoms with Crippen LogP contribution in [0.25, 0.3) is 0 Å². The molecule has 0 aliphatic carbocycles. The molecule has 0 fully saturated rings. The maximum atomic E-state index is 11.3. The highest BCUT2D eigenvalue weighted by molar-refractivity contribution is 6.34. The summed E-state index contributed by atoms with van der Waals surface area (Å²) in [4.78, 5) is 22.0. The Labute approximate surface area is 84.9 Å².